The SMILES string of the molecule is COc1ccc([C@@H]2N[C@H](C(=O)O)Cc3c2[nH]c2ccccc32)cc1CN1CCCc2ccccc21. The molecule has 2 atom stereocenters. The van der Waals surface area contributed by atoms with Crippen LogP contribution in [0.4, 0.5) is 5.69 Å². The normalized spacial score (nSPS) is 19.3. The van der Waals surface area contributed by atoms with Crippen molar-refractivity contribution >= 4 is 22.6 Å². The number of ether oxygens (including phenoxy) is 1. The third-order valence-electron chi connectivity index (χ3n) is 7.41. The van der Waals surface area contributed by atoms with Crippen molar-refractivity contribution in [3.05, 3.63) is 94.7 Å². The fraction of sp³-hybridized carbons (Fsp3) is 0.276. The molecule has 1 aromatic heterocycles. The number of nitrogens with zero attached hydrogens (tertiary/aromatic N) is 1. The van der Waals surface area contributed by atoms with Gasteiger partial charge in [-0.2, -0.15) is 0 Å². The number of hydrogen-bond donors (Lipinski definition) is 3. The molecule has 35 heavy (non-hydrogen) atoms. The summed E-state index contributed by atoms with van der Waals surface area (Å²) in [6, 6.07) is 22.1. The predicted molar refractivity (Wildman–Crippen MR) is 137 cm³/mol. The number of aliphatic carboxylic acids is 1. The first-order chi connectivity index (χ1) is 17.1. The fourth-order valence-corrected chi connectivity index (χ4v) is 5.74. The van der Waals surface area contributed by atoms with Gasteiger partial charge in [-0.3, -0.25) is 10.1 Å². The molecular weight excluding hydrogens is 438 g/mol. The standard InChI is InChI=1S/C29H29N3O3/c1-35-26-13-12-19(15-20(26)17-32-14-6-8-18-7-2-5-11-25(18)32)27-28-22(16-24(31-27)29(33)34)21-9-3-4-10-23(21)30-28/h2-5,7,9-13,15,24,27,30-31H,6,8,14,16-17H2,1H3,(H,33,34)/t24-,27-/m0/s1. The van der Waals surface area contributed by atoms with Gasteiger partial charge in [-0.15, -0.1) is 0 Å². The van der Waals surface area contributed by atoms with E-state index < -0.39 is 12.0 Å². The van der Waals surface area contributed by atoms with E-state index in [9.17, 15) is 9.90 Å². The maximum atomic E-state index is 12.0. The zero-order valence-electron chi connectivity index (χ0n) is 19.8. The topological polar surface area (TPSA) is 77.6 Å². The van der Waals surface area contributed by atoms with Gasteiger partial charge < -0.3 is 19.7 Å². The first-order valence-corrected chi connectivity index (χ1v) is 12.2. The van der Waals surface area contributed by atoms with Crippen molar-refractivity contribution in [3.8, 4) is 5.75 Å². The van der Waals surface area contributed by atoms with Gasteiger partial charge in [-0.05, 0) is 53.8 Å². The number of methoxy groups -OCH3 is 1. The molecule has 0 spiro atoms. The first kappa shape index (κ1) is 21.7. The second-order valence-electron chi connectivity index (χ2n) is 9.48. The van der Waals surface area contributed by atoms with E-state index in [4.69, 9.17) is 4.74 Å². The van der Waals surface area contributed by atoms with E-state index in [0.717, 1.165) is 65.0 Å². The van der Waals surface area contributed by atoms with Gasteiger partial charge in [0.05, 0.1) is 13.2 Å². The molecule has 0 saturated carbocycles. The predicted octanol–water partition coefficient (Wildman–Crippen LogP) is 4.82. The molecule has 178 valence electrons. The number of carboxylic acid groups (broad SMARTS) is 1. The number of aromatic amines is 1. The van der Waals surface area contributed by atoms with Crippen LogP contribution in [0.3, 0.4) is 0 Å². The number of hydrogen-bond acceptors (Lipinski definition) is 4. The highest BCUT2D eigenvalue weighted by molar-refractivity contribution is 5.87. The number of nitrogens with one attached hydrogen (secondary N) is 2. The van der Waals surface area contributed by atoms with Gasteiger partial charge in [-0.25, -0.2) is 0 Å². The second-order valence-corrected chi connectivity index (χ2v) is 9.48. The number of carbonyl (C=O) groups is 1. The largest absolute Gasteiger partial charge is 0.496 e. The highest BCUT2D eigenvalue weighted by Crippen LogP contribution is 2.37. The van der Waals surface area contributed by atoms with Crippen LogP contribution >= 0.6 is 0 Å². The van der Waals surface area contributed by atoms with Crippen molar-refractivity contribution in [1.82, 2.24) is 10.3 Å². The highest BCUT2D eigenvalue weighted by atomic mass is 16.5. The molecule has 0 saturated heterocycles. The van der Waals surface area contributed by atoms with Gasteiger partial charge in [0, 0.05) is 47.4 Å². The lowest BCUT2D eigenvalue weighted by molar-refractivity contribution is -0.139. The highest BCUT2D eigenvalue weighted by Gasteiger charge is 2.34. The van der Waals surface area contributed by atoms with E-state index in [2.05, 4.69) is 51.6 Å². The van der Waals surface area contributed by atoms with Crippen LogP contribution in [0, 0.1) is 0 Å². The molecule has 0 unspecified atom stereocenters. The van der Waals surface area contributed by atoms with Crippen molar-refractivity contribution < 1.29 is 14.6 Å². The maximum absolute atomic E-state index is 12.0. The Morgan fingerprint density at radius 3 is 2.80 bits per heavy atom. The summed E-state index contributed by atoms with van der Waals surface area (Å²) >= 11 is 0. The lowest BCUT2D eigenvalue weighted by atomic mass is 9.89. The third-order valence-corrected chi connectivity index (χ3v) is 7.41. The van der Waals surface area contributed by atoms with Crippen LogP contribution in [0.25, 0.3) is 10.9 Å². The molecule has 0 bridgehead atoms. The van der Waals surface area contributed by atoms with Gasteiger partial charge in [-0.1, -0.05) is 42.5 Å². The van der Waals surface area contributed by atoms with Gasteiger partial charge in [0.2, 0.25) is 0 Å². The Morgan fingerprint density at radius 2 is 1.94 bits per heavy atom. The molecule has 0 aliphatic carbocycles. The summed E-state index contributed by atoms with van der Waals surface area (Å²) in [6.07, 6.45) is 2.69. The quantitative estimate of drug-likeness (QED) is 0.392. The van der Waals surface area contributed by atoms with E-state index >= 15 is 0 Å². The molecule has 0 amide bonds. The van der Waals surface area contributed by atoms with E-state index in [-0.39, 0.29) is 6.04 Å². The van der Waals surface area contributed by atoms with E-state index in [0.29, 0.717) is 6.42 Å². The minimum atomic E-state index is -0.829. The van der Waals surface area contributed by atoms with Crippen molar-refractivity contribution in [3.63, 3.8) is 0 Å². The first-order valence-electron chi connectivity index (χ1n) is 12.2. The molecule has 0 fully saturated rings. The van der Waals surface area contributed by atoms with Gasteiger partial charge in [0.25, 0.3) is 0 Å². The monoisotopic (exact) mass is 467 g/mol. The van der Waals surface area contributed by atoms with Crippen LogP contribution < -0.4 is 15.0 Å². The van der Waals surface area contributed by atoms with Crippen LogP contribution in [-0.2, 0) is 24.2 Å². The molecule has 0 radical (unpaired) electrons. The minimum Gasteiger partial charge on any atom is -0.496 e. The fourth-order valence-electron chi connectivity index (χ4n) is 5.74. The van der Waals surface area contributed by atoms with Gasteiger partial charge in [0.15, 0.2) is 0 Å². The minimum absolute atomic E-state index is 0.245. The van der Waals surface area contributed by atoms with Crippen molar-refractivity contribution in [2.75, 3.05) is 18.6 Å². The summed E-state index contributed by atoms with van der Waals surface area (Å²) in [5.41, 5.74) is 7.96. The summed E-state index contributed by atoms with van der Waals surface area (Å²) < 4.78 is 5.75. The summed E-state index contributed by atoms with van der Waals surface area (Å²) in [7, 11) is 1.71. The van der Waals surface area contributed by atoms with Crippen molar-refractivity contribution in [2.45, 2.75) is 37.9 Å². The molecule has 2 aliphatic heterocycles. The zero-order valence-corrected chi connectivity index (χ0v) is 19.8. The van der Waals surface area contributed by atoms with Crippen LogP contribution in [-0.4, -0.2) is 35.8 Å². The molecular formula is C29H29N3O3. The number of benzene rings is 3. The summed E-state index contributed by atoms with van der Waals surface area (Å²) in [5, 5.41) is 14.4. The van der Waals surface area contributed by atoms with Crippen LogP contribution in [0.2, 0.25) is 0 Å². The number of rotatable bonds is 5. The second kappa shape index (κ2) is 8.78. The molecule has 3 N–H and O–H groups in total. The number of fused-ring (bicyclic) bond motifs is 4. The van der Waals surface area contributed by atoms with Gasteiger partial charge in [0.1, 0.15) is 11.8 Å². The lowest BCUT2D eigenvalue weighted by Crippen LogP contribution is -2.45. The molecule has 6 rings (SSSR count). The molecule has 3 heterocycles. The van der Waals surface area contributed by atoms with Crippen molar-refractivity contribution in [2.24, 2.45) is 0 Å². The molecule has 2 aliphatic rings. The van der Waals surface area contributed by atoms with E-state index in [1.807, 2.05) is 30.3 Å². The molecule has 6 heteroatoms. The Hall–Kier alpha value is -3.77. The number of aryl methyl sites for hydroxylation is 1. The Labute approximate surface area is 204 Å². The summed E-state index contributed by atoms with van der Waals surface area (Å²) in [4.78, 5) is 18.0. The van der Waals surface area contributed by atoms with Gasteiger partial charge >= 0.3 is 5.97 Å². The Bertz CT molecular complexity index is 1410. The average Bonchev–Trinajstić information content (AvgIpc) is 3.27. The van der Waals surface area contributed by atoms with E-state index in [1.54, 1.807) is 7.11 Å². The van der Waals surface area contributed by atoms with Crippen molar-refractivity contribution in [1.29, 1.82) is 0 Å². The van der Waals surface area contributed by atoms with E-state index in [1.165, 1.54) is 11.3 Å². The third kappa shape index (κ3) is 3.84. The molecule has 3 aromatic carbocycles. The lowest BCUT2D eigenvalue weighted by Gasteiger charge is -2.33. The Kier molecular flexibility index (Phi) is 5.46. The number of anilines is 1. The molecule has 4 aromatic rings. The molecule has 6 nitrogen and oxygen atoms in total. The van der Waals surface area contributed by atoms with Crippen LogP contribution in [0.5, 0.6) is 5.75 Å². The zero-order chi connectivity index (χ0) is 23.9. The number of para-hydroxylation sites is 2. The summed E-state index contributed by atoms with van der Waals surface area (Å²) in [5.74, 6) is 0.0175. The van der Waals surface area contributed by atoms with Crippen LogP contribution in [0.15, 0.2) is 66.7 Å². The summed E-state index contributed by atoms with van der Waals surface area (Å²) in [6.45, 7) is 1.74. The number of carboxylic acids is 1. The smallest absolute Gasteiger partial charge is 0.321 e. The van der Waals surface area contributed by atoms with Crippen LogP contribution in [0.1, 0.15) is 40.4 Å². The maximum Gasteiger partial charge on any atom is 0.321 e. The Balaban J connectivity index is 1.41. The average molecular weight is 468 g/mol. The number of aromatic nitrogens is 1. The number of H-pyrrole nitrogens is 1. The Morgan fingerprint density at radius 1 is 1.11 bits per heavy atom.